The van der Waals surface area contributed by atoms with E-state index in [-0.39, 0.29) is 23.1 Å². The van der Waals surface area contributed by atoms with Crippen LogP contribution in [0.2, 0.25) is 0 Å². The lowest BCUT2D eigenvalue weighted by atomic mass is 10.1. The van der Waals surface area contributed by atoms with Crippen LogP contribution in [0, 0.1) is 5.82 Å². The van der Waals surface area contributed by atoms with E-state index in [9.17, 15) is 22.4 Å². The number of nitrogens with one attached hydrogen (secondary N) is 1. The highest BCUT2D eigenvalue weighted by Crippen LogP contribution is 2.31. The molecule has 0 amide bonds. The Morgan fingerprint density at radius 1 is 1.09 bits per heavy atom. The van der Waals surface area contributed by atoms with Gasteiger partial charge < -0.3 is 4.98 Å². The Morgan fingerprint density at radius 2 is 1.82 bits per heavy atom. The number of imidazole rings is 1. The third-order valence-corrected chi connectivity index (χ3v) is 3.39. The van der Waals surface area contributed by atoms with Gasteiger partial charge in [0.05, 0.1) is 23.1 Å². The highest BCUT2D eigenvalue weighted by molar-refractivity contribution is 5.76. The van der Waals surface area contributed by atoms with E-state index < -0.39 is 23.2 Å². The largest absolute Gasteiger partial charge is 0.416 e. The minimum absolute atomic E-state index is 0.0862. The van der Waals surface area contributed by atoms with Crippen molar-refractivity contribution in [1.82, 2.24) is 9.55 Å². The minimum atomic E-state index is -4.51. The van der Waals surface area contributed by atoms with E-state index >= 15 is 0 Å². The Balaban J connectivity index is 2.15. The number of alkyl halides is 3. The summed E-state index contributed by atoms with van der Waals surface area (Å²) in [4.78, 5) is 14.4. The molecule has 0 fully saturated rings. The fraction of sp³-hybridized carbons (Fsp3) is 0.133. The minimum Gasteiger partial charge on any atom is -0.306 e. The molecule has 0 bridgehead atoms. The smallest absolute Gasteiger partial charge is 0.306 e. The van der Waals surface area contributed by atoms with Crippen molar-refractivity contribution in [3.8, 4) is 0 Å². The Kier molecular flexibility index (Phi) is 3.27. The van der Waals surface area contributed by atoms with Gasteiger partial charge in [0.15, 0.2) is 0 Å². The molecule has 0 aliphatic rings. The van der Waals surface area contributed by atoms with Crippen molar-refractivity contribution in [2.75, 3.05) is 0 Å². The maximum Gasteiger partial charge on any atom is 0.416 e. The Labute approximate surface area is 121 Å². The third kappa shape index (κ3) is 2.49. The molecule has 1 N–H and O–H groups in total. The zero-order valence-corrected chi connectivity index (χ0v) is 11.1. The Hall–Kier alpha value is -2.57. The first-order valence-electron chi connectivity index (χ1n) is 6.39. The molecule has 3 nitrogen and oxygen atoms in total. The summed E-state index contributed by atoms with van der Waals surface area (Å²) < 4.78 is 53.1. The molecular formula is C15H10F4N2O. The van der Waals surface area contributed by atoms with Crippen LogP contribution in [0.15, 0.2) is 47.3 Å². The zero-order valence-electron chi connectivity index (χ0n) is 11.1. The first-order valence-corrected chi connectivity index (χ1v) is 6.39. The van der Waals surface area contributed by atoms with E-state index in [1.165, 1.54) is 24.3 Å². The molecule has 114 valence electrons. The predicted octanol–water partition coefficient (Wildman–Crippen LogP) is 3.54. The van der Waals surface area contributed by atoms with E-state index in [0.29, 0.717) is 0 Å². The first kappa shape index (κ1) is 14.4. The van der Waals surface area contributed by atoms with Crippen molar-refractivity contribution < 1.29 is 17.6 Å². The maximum atomic E-state index is 13.7. The van der Waals surface area contributed by atoms with E-state index in [1.807, 2.05) is 0 Å². The van der Waals surface area contributed by atoms with Crippen LogP contribution >= 0.6 is 0 Å². The number of halogens is 4. The van der Waals surface area contributed by atoms with E-state index in [4.69, 9.17) is 0 Å². The molecule has 0 unspecified atom stereocenters. The second-order valence-corrected chi connectivity index (χ2v) is 4.84. The Bertz CT molecular complexity index is 892. The number of nitrogens with zero attached hydrogens (tertiary/aromatic N) is 1. The topological polar surface area (TPSA) is 37.8 Å². The van der Waals surface area contributed by atoms with Crippen molar-refractivity contribution in [2.24, 2.45) is 0 Å². The lowest BCUT2D eigenvalue weighted by molar-refractivity contribution is -0.137. The van der Waals surface area contributed by atoms with Gasteiger partial charge in [-0.1, -0.05) is 18.2 Å². The van der Waals surface area contributed by atoms with Crippen molar-refractivity contribution in [1.29, 1.82) is 0 Å². The lowest BCUT2D eigenvalue weighted by Gasteiger charge is -2.08. The molecule has 0 saturated heterocycles. The molecule has 0 atom stereocenters. The molecule has 22 heavy (non-hydrogen) atoms. The molecule has 3 rings (SSSR count). The van der Waals surface area contributed by atoms with Crippen molar-refractivity contribution in [2.45, 2.75) is 12.7 Å². The van der Waals surface area contributed by atoms with E-state index in [2.05, 4.69) is 4.98 Å². The summed E-state index contributed by atoms with van der Waals surface area (Å²) in [6, 6.07) is 8.78. The number of aromatic amines is 1. The van der Waals surface area contributed by atoms with Crippen LogP contribution in [-0.2, 0) is 12.7 Å². The van der Waals surface area contributed by atoms with Crippen LogP contribution in [-0.4, -0.2) is 9.55 Å². The van der Waals surface area contributed by atoms with Crippen LogP contribution in [0.3, 0.4) is 0 Å². The number of fused-ring (bicyclic) bond motifs is 1. The van der Waals surface area contributed by atoms with Crippen LogP contribution in [0.4, 0.5) is 17.6 Å². The van der Waals surface area contributed by atoms with Gasteiger partial charge in [0, 0.05) is 5.56 Å². The second kappa shape index (κ2) is 5.01. The van der Waals surface area contributed by atoms with Crippen molar-refractivity contribution in [3.63, 3.8) is 0 Å². The molecule has 0 aliphatic heterocycles. The third-order valence-electron chi connectivity index (χ3n) is 3.39. The predicted molar refractivity (Wildman–Crippen MR) is 73.1 cm³/mol. The molecule has 1 heterocycles. The fourth-order valence-corrected chi connectivity index (χ4v) is 2.28. The van der Waals surface area contributed by atoms with Gasteiger partial charge in [-0.25, -0.2) is 9.18 Å². The summed E-state index contributed by atoms with van der Waals surface area (Å²) in [5, 5.41) is 0. The monoisotopic (exact) mass is 310 g/mol. The number of hydrogen-bond donors (Lipinski definition) is 1. The van der Waals surface area contributed by atoms with Gasteiger partial charge in [-0.3, -0.25) is 4.57 Å². The quantitative estimate of drug-likeness (QED) is 0.722. The summed E-state index contributed by atoms with van der Waals surface area (Å²) in [5.41, 5.74) is -0.862. The first-order chi connectivity index (χ1) is 10.4. The molecular weight excluding hydrogens is 300 g/mol. The molecule has 0 aliphatic carbocycles. The molecule has 1 aromatic heterocycles. The molecule has 3 aromatic rings. The number of benzene rings is 2. The van der Waals surface area contributed by atoms with Crippen LogP contribution in [0.25, 0.3) is 11.0 Å². The van der Waals surface area contributed by atoms with Crippen LogP contribution in [0.5, 0.6) is 0 Å². The van der Waals surface area contributed by atoms with Crippen molar-refractivity contribution in [3.05, 3.63) is 69.9 Å². The molecule has 7 heteroatoms. The van der Waals surface area contributed by atoms with Gasteiger partial charge in [-0.2, -0.15) is 13.2 Å². The molecule has 0 radical (unpaired) electrons. The number of H-pyrrole nitrogens is 1. The Morgan fingerprint density at radius 3 is 2.50 bits per heavy atom. The number of hydrogen-bond acceptors (Lipinski definition) is 1. The second-order valence-electron chi connectivity index (χ2n) is 4.84. The molecule has 0 spiro atoms. The lowest BCUT2D eigenvalue weighted by Crippen LogP contribution is -2.18. The van der Waals surface area contributed by atoms with Crippen LogP contribution < -0.4 is 5.69 Å². The van der Waals surface area contributed by atoms with Gasteiger partial charge >= 0.3 is 11.9 Å². The highest BCUT2D eigenvalue weighted by atomic mass is 19.4. The standard InChI is InChI=1S/C15H10F4N2O/c16-11-4-2-1-3-9(11)8-21-13-7-10(15(17,18)19)5-6-12(13)20-14(21)22/h1-7H,8H2,(H,20,22). The maximum absolute atomic E-state index is 13.7. The fourth-order valence-electron chi connectivity index (χ4n) is 2.28. The average molecular weight is 310 g/mol. The van der Waals surface area contributed by atoms with Gasteiger partial charge in [-0.05, 0) is 24.3 Å². The normalized spacial score (nSPS) is 12.0. The average Bonchev–Trinajstić information content (AvgIpc) is 2.76. The van der Waals surface area contributed by atoms with Gasteiger partial charge in [-0.15, -0.1) is 0 Å². The summed E-state index contributed by atoms with van der Waals surface area (Å²) in [6.45, 7) is -0.146. The van der Waals surface area contributed by atoms with Crippen molar-refractivity contribution >= 4 is 11.0 Å². The number of rotatable bonds is 2. The van der Waals surface area contributed by atoms with Gasteiger partial charge in [0.25, 0.3) is 0 Å². The van der Waals surface area contributed by atoms with E-state index in [0.717, 1.165) is 16.7 Å². The summed E-state index contributed by atoms with van der Waals surface area (Å²) in [6.07, 6.45) is -4.51. The summed E-state index contributed by atoms with van der Waals surface area (Å²) in [7, 11) is 0. The SMILES string of the molecule is O=c1[nH]c2ccc(C(F)(F)F)cc2n1Cc1ccccc1F. The summed E-state index contributed by atoms with van der Waals surface area (Å²) in [5.74, 6) is -0.518. The highest BCUT2D eigenvalue weighted by Gasteiger charge is 2.31. The zero-order chi connectivity index (χ0) is 15.9. The summed E-state index contributed by atoms with van der Waals surface area (Å²) >= 11 is 0. The number of aromatic nitrogens is 2. The van der Waals surface area contributed by atoms with Gasteiger partial charge in [0.1, 0.15) is 5.82 Å². The molecule has 0 saturated carbocycles. The molecule has 2 aromatic carbocycles. The van der Waals surface area contributed by atoms with E-state index in [1.54, 1.807) is 6.07 Å². The van der Waals surface area contributed by atoms with Crippen LogP contribution in [0.1, 0.15) is 11.1 Å². The van der Waals surface area contributed by atoms with Gasteiger partial charge in [0.2, 0.25) is 0 Å².